The van der Waals surface area contributed by atoms with Gasteiger partial charge in [-0.15, -0.1) is 0 Å². The van der Waals surface area contributed by atoms with Crippen LogP contribution in [0.2, 0.25) is 0 Å². The smallest absolute Gasteiger partial charge is 0.261 e. The molecular formula is C14H14N2OS. The van der Waals surface area contributed by atoms with Gasteiger partial charge in [0.1, 0.15) is 4.99 Å². The van der Waals surface area contributed by atoms with Gasteiger partial charge >= 0.3 is 0 Å². The van der Waals surface area contributed by atoms with Crippen molar-refractivity contribution in [2.75, 3.05) is 0 Å². The number of hydrogen-bond acceptors (Lipinski definition) is 2. The molecule has 0 saturated heterocycles. The highest BCUT2D eigenvalue weighted by Crippen LogP contribution is 2.04. The van der Waals surface area contributed by atoms with Crippen molar-refractivity contribution in [3.8, 4) is 0 Å². The van der Waals surface area contributed by atoms with E-state index in [-0.39, 0.29) is 10.5 Å². The van der Waals surface area contributed by atoms with Crippen LogP contribution in [0.5, 0.6) is 0 Å². The highest BCUT2D eigenvalue weighted by Gasteiger charge is 2.05. The molecule has 1 aromatic carbocycles. The third-order valence-electron chi connectivity index (χ3n) is 2.76. The molecule has 0 spiro atoms. The third-order valence-corrected chi connectivity index (χ3v) is 2.98. The summed E-state index contributed by atoms with van der Waals surface area (Å²) >= 11 is 4.86. The molecule has 0 bridgehead atoms. The third kappa shape index (κ3) is 2.65. The van der Waals surface area contributed by atoms with Crippen molar-refractivity contribution in [3.63, 3.8) is 0 Å². The number of aryl methyl sites for hydroxylation is 1. The number of aromatic nitrogens is 1. The largest absolute Gasteiger partial charge is 0.389 e. The Bertz CT molecular complexity index is 629. The number of nitrogens with two attached hydrogens (primary N) is 1. The number of benzene rings is 1. The van der Waals surface area contributed by atoms with Crippen LogP contribution >= 0.6 is 12.2 Å². The van der Waals surface area contributed by atoms with Gasteiger partial charge in [-0.1, -0.05) is 42.0 Å². The zero-order valence-corrected chi connectivity index (χ0v) is 10.9. The van der Waals surface area contributed by atoms with Crippen LogP contribution in [0.3, 0.4) is 0 Å². The Hall–Kier alpha value is -1.94. The van der Waals surface area contributed by atoms with Gasteiger partial charge in [0.05, 0.1) is 12.1 Å². The van der Waals surface area contributed by atoms with E-state index in [0.29, 0.717) is 12.1 Å². The van der Waals surface area contributed by atoms with Crippen molar-refractivity contribution in [2.45, 2.75) is 13.5 Å². The maximum Gasteiger partial charge on any atom is 0.261 e. The molecule has 0 amide bonds. The van der Waals surface area contributed by atoms with Crippen LogP contribution in [0.15, 0.2) is 47.4 Å². The van der Waals surface area contributed by atoms with Crippen molar-refractivity contribution < 1.29 is 0 Å². The van der Waals surface area contributed by atoms with E-state index in [1.165, 1.54) is 5.56 Å². The molecule has 0 unspecified atom stereocenters. The summed E-state index contributed by atoms with van der Waals surface area (Å²) < 4.78 is 1.61. The summed E-state index contributed by atoms with van der Waals surface area (Å²) in [6.45, 7) is 2.55. The lowest BCUT2D eigenvalue weighted by molar-refractivity contribution is 0.757. The van der Waals surface area contributed by atoms with Crippen molar-refractivity contribution >= 4 is 17.2 Å². The second kappa shape index (κ2) is 5.14. The Kier molecular flexibility index (Phi) is 3.58. The molecule has 2 aromatic rings. The molecule has 4 heteroatoms. The minimum absolute atomic E-state index is 0.137. The zero-order valence-electron chi connectivity index (χ0n) is 10.1. The van der Waals surface area contributed by atoms with Gasteiger partial charge in [-0.2, -0.15) is 0 Å². The lowest BCUT2D eigenvalue weighted by Gasteiger charge is -2.07. The Morgan fingerprint density at radius 1 is 1.28 bits per heavy atom. The van der Waals surface area contributed by atoms with Crippen molar-refractivity contribution in [2.24, 2.45) is 5.73 Å². The molecule has 3 nitrogen and oxygen atoms in total. The number of rotatable bonds is 3. The predicted octanol–water partition coefficient (Wildman–Crippen LogP) is 1.84. The van der Waals surface area contributed by atoms with Gasteiger partial charge in [0.2, 0.25) is 0 Å². The molecule has 1 heterocycles. The summed E-state index contributed by atoms with van der Waals surface area (Å²) in [4.78, 5) is 12.2. The fourth-order valence-corrected chi connectivity index (χ4v) is 1.89. The molecule has 0 saturated carbocycles. The summed E-state index contributed by atoms with van der Waals surface area (Å²) in [5.74, 6) is 0. The number of hydrogen-bond donors (Lipinski definition) is 1. The van der Waals surface area contributed by atoms with Gasteiger partial charge in [0, 0.05) is 6.20 Å². The Balaban J connectivity index is 2.35. The van der Waals surface area contributed by atoms with Crippen molar-refractivity contribution in [1.82, 2.24) is 4.57 Å². The molecule has 0 atom stereocenters. The summed E-state index contributed by atoms with van der Waals surface area (Å²) in [6.07, 6.45) is 1.74. The minimum Gasteiger partial charge on any atom is -0.389 e. The lowest BCUT2D eigenvalue weighted by atomic mass is 10.1. The lowest BCUT2D eigenvalue weighted by Crippen LogP contribution is -2.28. The fourth-order valence-electron chi connectivity index (χ4n) is 1.74. The molecule has 0 fully saturated rings. The van der Waals surface area contributed by atoms with E-state index >= 15 is 0 Å². The fraction of sp³-hybridized carbons (Fsp3) is 0.143. The number of thiocarbonyl (C=S) groups is 1. The van der Waals surface area contributed by atoms with E-state index in [1.807, 2.05) is 31.2 Å². The van der Waals surface area contributed by atoms with Gasteiger partial charge in [-0.25, -0.2) is 0 Å². The van der Waals surface area contributed by atoms with Gasteiger partial charge in [-0.05, 0) is 24.6 Å². The normalized spacial score (nSPS) is 10.3. The van der Waals surface area contributed by atoms with Crippen LogP contribution in [0, 0.1) is 6.92 Å². The Labute approximate surface area is 111 Å². The molecule has 2 N–H and O–H groups in total. The van der Waals surface area contributed by atoms with Crippen LogP contribution in [-0.2, 0) is 6.54 Å². The predicted molar refractivity (Wildman–Crippen MR) is 76.9 cm³/mol. The molecule has 18 heavy (non-hydrogen) atoms. The molecule has 0 radical (unpaired) electrons. The van der Waals surface area contributed by atoms with Gasteiger partial charge < -0.3 is 10.3 Å². The first-order valence-electron chi connectivity index (χ1n) is 5.63. The van der Waals surface area contributed by atoms with Gasteiger partial charge in [0.25, 0.3) is 5.56 Å². The summed E-state index contributed by atoms with van der Waals surface area (Å²) in [6, 6.07) is 11.5. The van der Waals surface area contributed by atoms with Gasteiger partial charge in [0.15, 0.2) is 0 Å². The van der Waals surface area contributed by atoms with Crippen LogP contribution in [0.25, 0.3) is 0 Å². The summed E-state index contributed by atoms with van der Waals surface area (Å²) in [5, 5.41) is 0. The van der Waals surface area contributed by atoms with Gasteiger partial charge in [-0.3, -0.25) is 4.79 Å². The van der Waals surface area contributed by atoms with E-state index in [1.54, 1.807) is 22.9 Å². The van der Waals surface area contributed by atoms with Crippen LogP contribution in [0.4, 0.5) is 0 Å². The topological polar surface area (TPSA) is 48.0 Å². The van der Waals surface area contributed by atoms with E-state index in [4.69, 9.17) is 18.0 Å². The Morgan fingerprint density at radius 2 is 1.94 bits per heavy atom. The molecule has 0 aliphatic heterocycles. The molecular weight excluding hydrogens is 244 g/mol. The maximum atomic E-state index is 12.1. The minimum atomic E-state index is -0.148. The molecule has 2 rings (SSSR count). The monoisotopic (exact) mass is 258 g/mol. The maximum absolute atomic E-state index is 12.1. The van der Waals surface area contributed by atoms with E-state index < -0.39 is 0 Å². The molecule has 0 aliphatic rings. The van der Waals surface area contributed by atoms with Crippen LogP contribution in [0.1, 0.15) is 16.7 Å². The second-order valence-electron chi connectivity index (χ2n) is 4.20. The summed E-state index contributed by atoms with van der Waals surface area (Å²) in [5.41, 5.74) is 8.02. The van der Waals surface area contributed by atoms with E-state index in [9.17, 15) is 4.79 Å². The quantitative estimate of drug-likeness (QED) is 0.855. The first-order valence-corrected chi connectivity index (χ1v) is 6.03. The van der Waals surface area contributed by atoms with Crippen LogP contribution in [-0.4, -0.2) is 9.56 Å². The zero-order chi connectivity index (χ0) is 13.1. The van der Waals surface area contributed by atoms with E-state index in [2.05, 4.69) is 0 Å². The SMILES string of the molecule is Cc1ccc(Cn2cccc(C(N)=S)c2=O)cc1. The highest BCUT2D eigenvalue weighted by atomic mass is 32.1. The molecule has 92 valence electrons. The number of pyridine rings is 1. The van der Waals surface area contributed by atoms with Crippen LogP contribution < -0.4 is 11.3 Å². The first-order chi connectivity index (χ1) is 8.58. The standard InChI is InChI=1S/C14H14N2OS/c1-10-4-6-11(7-5-10)9-16-8-2-3-12(13(15)18)14(16)17/h2-8H,9H2,1H3,(H2,15,18). The van der Waals surface area contributed by atoms with E-state index in [0.717, 1.165) is 5.56 Å². The number of nitrogens with zero attached hydrogens (tertiary/aromatic N) is 1. The average molecular weight is 258 g/mol. The highest BCUT2D eigenvalue weighted by molar-refractivity contribution is 7.80. The molecule has 0 aliphatic carbocycles. The van der Waals surface area contributed by atoms with Crippen molar-refractivity contribution in [1.29, 1.82) is 0 Å². The molecule has 1 aromatic heterocycles. The average Bonchev–Trinajstić information content (AvgIpc) is 2.34. The summed E-state index contributed by atoms with van der Waals surface area (Å²) in [7, 11) is 0. The Morgan fingerprint density at radius 3 is 2.56 bits per heavy atom. The first kappa shape index (κ1) is 12.5. The second-order valence-corrected chi connectivity index (χ2v) is 4.64. The van der Waals surface area contributed by atoms with Crippen molar-refractivity contribution in [3.05, 3.63) is 69.6 Å².